The van der Waals surface area contributed by atoms with Gasteiger partial charge < -0.3 is 10.2 Å². The van der Waals surface area contributed by atoms with Gasteiger partial charge in [-0.25, -0.2) is 0 Å². The molecule has 0 bridgehead atoms. The van der Waals surface area contributed by atoms with Crippen LogP contribution < -0.4 is 0 Å². The molecule has 8 atom stereocenters. The van der Waals surface area contributed by atoms with Gasteiger partial charge in [-0.2, -0.15) is 0 Å². The van der Waals surface area contributed by atoms with E-state index in [1.54, 1.807) is 5.57 Å². The lowest BCUT2D eigenvalue weighted by molar-refractivity contribution is -0.0675. The van der Waals surface area contributed by atoms with Gasteiger partial charge in [0.1, 0.15) is 0 Å². The van der Waals surface area contributed by atoms with E-state index in [0.717, 1.165) is 30.6 Å². The van der Waals surface area contributed by atoms with Crippen molar-refractivity contribution >= 4 is 0 Å². The predicted molar refractivity (Wildman–Crippen MR) is 92.9 cm³/mol. The van der Waals surface area contributed by atoms with Gasteiger partial charge in [0.25, 0.3) is 0 Å². The molecule has 130 valence electrons. The van der Waals surface area contributed by atoms with Crippen LogP contribution in [0.5, 0.6) is 0 Å². The quantitative estimate of drug-likeness (QED) is 0.707. The van der Waals surface area contributed by atoms with E-state index in [1.165, 1.54) is 38.5 Å². The molecule has 3 saturated carbocycles. The summed E-state index contributed by atoms with van der Waals surface area (Å²) in [7, 11) is 0. The third kappa shape index (κ3) is 2.20. The van der Waals surface area contributed by atoms with Crippen LogP contribution in [0.1, 0.15) is 72.1 Å². The molecule has 23 heavy (non-hydrogen) atoms. The van der Waals surface area contributed by atoms with E-state index in [2.05, 4.69) is 19.9 Å². The van der Waals surface area contributed by atoms with E-state index in [-0.39, 0.29) is 12.2 Å². The first-order valence-corrected chi connectivity index (χ1v) is 9.92. The summed E-state index contributed by atoms with van der Waals surface area (Å²) in [6, 6.07) is 0. The molecular formula is C21H34O2. The third-order valence-electron chi connectivity index (χ3n) is 8.73. The van der Waals surface area contributed by atoms with Crippen LogP contribution in [0.3, 0.4) is 0 Å². The molecule has 0 heterocycles. The first kappa shape index (κ1) is 16.1. The first-order chi connectivity index (χ1) is 10.9. The van der Waals surface area contributed by atoms with Crippen molar-refractivity contribution in [1.29, 1.82) is 0 Å². The van der Waals surface area contributed by atoms with Crippen LogP contribution in [-0.4, -0.2) is 22.4 Å². The van der Waals surface area contributed by atoms with Gasteiger partial charge >= 0.3 is 0 Å². The fourth-order valence-corrected chi connectivity index (χ4v) is 7.47. The molecule has 4 rings (SSSR count). The van der Waals surface area contributed by atoms with Crippen LogP contribution in [0.15, 0.2) is 11.6 Å². The molecule has 2 N–H and O–H groups in total. The lowest BCUT2D eigenvalue weighted by Crippen LogP contribution is -2.51. The molecular weight excluding hydrogens is 284 g/mol. The Morgan fingerprint density at radius 1 is 1.09 bits per heavy atom. The molecule has 0 aromatic rings. The van der Waals surface area contributed by atoms with Crippen LogP contribution in [0.2, 0.25) is 0 Å². The average Bonchev–Trinajstić information content (AvgIpc) is 2.85. The maximum Gasteiger partial charge on any atom is 0.0577 e. The van der Waals surface area contributed by atoms with Crippen molar-refractivity contribution in [2.45, 2.75) is 84.3 Å². The van der Waals surface area contributed by atoms with Gasteiger partial charge in [0.2, 0.25) is 0 Å². The van der Waals surface area contributed by atoms with Crippen LogP contribution in [-0.2, 0) is 0 Å². The number of allylic oxidation sites excluding steroid dienone is 1. The van der Waals surface area contributed by atoms with Crippen molar-refractivity contribution in [3.8, 4) is 0 Å². The Morgan fingerprint density at radius 2 is 1.87 bits per heavy atom. The molecule has 0 aromatic carbocycles. The van der Waals surface area contributed by atoms with Crippen molar-refractivity contribution in [3.05, 3.63) is 11.6 Å². The zero-order chi connectivity index (χ0) is 16.4. The summed E-state index contributed by atoms with van der Waals surface area (Å²) in [5.74, 6) is 2.91. The van der Waals surface area contributed by atoms with Gasteiger partial charge in [0.05, 0.1) is 12.2 Å². The van der Waals surface area contributed by atoms with E-state index in [0.29, 0.717) is 16.7 Å². The topological polar surface area (TPSA) is 40.5 Å². The summed E-state index contributed by atoms with van der Waals surface area (Å²) in [5.41, 5.74) is 2.25. The highest BCUT2D eigenvalue weighted by atomic mass is 16.3. The van der Waals surface area contributed by atoms with Crippen molar-refractivity contribution in [1.82, 2.24) is 0 Å². The fourth-order valence-electron chi connectivity index (χ4n) is 7.47. The van der Waals surface area contributed by atoms with E-state index < -0.39 is 0 Å². The third-order valence-corrected chi connectivity index (χ3v) is 8.73. The predicted octanol–water partition coefficient (Wildman–Crippen LogP) is 4.31. The zero-order valence-electron chi connectivity index (χ0n) is 15.1. The fraction of sp³-hybridized carbons (Fsp3) is 0.905. The zero-order valence-corrected chi connectivity index (χ0v) is 15.1. The molecule has 0 aromatic heterocycles. The van der Waals surface area contributed by atoms with Crippen molar-refractivity contribution in [2.24, 2.45) is 34.5 Å². The number of fused-ring (bicyclic) bond motifs is 5. The van der Waals surface area contributed by atoms with Crippen LogP contribution in [0, 0.1) is 34.5 Å². The normalized spacial score (nSPS) is 53.8. The minimum Gasteiger partial charge on any atom is -0.393 e. The Morgan fingerprint density at radius 3 is 2.61 bits per heavy atom. The molecule has 0 aliphatic heterocycles. The van der Waals surface area contributed by atoms with Crippen LogP contribution in [0.4, 0.5) is 0 Å². The molecule has 0 unspecified atom stereocenters. The van der Waals surface area contributed by atoms with Gasteiger partial charge in [-0.15, -0.1) is 0 Å². The lowest BCUT2D eigenvalue weighted by Gasteiger charge is -2.58. The monoisotopic (exact) mass is 318 g/mol. The van der Waals surface area contributed by atoms with Gasteiger partial charge in [-0.3, -0.25) is 0 Å². The lowest BCUT2D eigenvalue weighted by atomic mass is 9.47. The highest BCUT2D eigenvalue weighted by Gasteiger charge is 2.59. The second-order valence-electron chi connectivity index (χ2n) is 9.62. The summed E-state index contributed by atoms with van der Waals surface area (Å²) < 4.78 is 0. The molecule has 3 fully saturated rings. The summed E-state index contributed by atoms with van der Waals surface area (Å²) >= 11 is 0. The SMILES string of the molecule is C[C@@H](O)[C@H]1CC[C@@H]2[C@H]3CC=C4C[C@@H](O)CC[C@]4(C)[C@@H]3CC[C@@]21C. The minimum absolute atomic E-state index is 0.106. The van der Waals surface area contributed by atoms with Gasteiger partial charge in [0.15, 0.2) is 0 Å². The molecule has 0 spiro atoms. The maximum atomic E-state index is 10.3. The number of aliphatic hydroxyl groups is 2. The van der Waals surface area contributed by atoms with Gasteiger partial charge in [-0.05, 0) is 92.8 Å². The maximum absolute atomic E-state index is 10.3. The summed E-state index contributed by atoms with van der Waals surface area (Å²) in [6.07, 6.45) is 11.7. The summed E-state index contributed by atoms with van der Waals surface area (Å²) in [5, 5.41) is 20.4. The Hall–Kier alpha value is -0.340. The minimum atomic E-state index is -0.156. The largest absolute Gasteiger partial charge is 0.393 e. The smallest absolute Gasteiger partial charge is 0.0577 e. The first-order valence-electron chi connectivity index (χ1n) is 9.92. The van der Waals surface area contributed by atoms with Crippen molar-refractivity contribution in [2.75, 3.05) is 0 Å². The number of hydrogen-bond donors (Lipinski definition) is 2. The van der Waals surface area contributed by atoms with Gasteiger partial charge in [-0.1, -0.05) is 25.5 Å². The second kappa shape index (κ2) is 5.33. The second-order valence-corrected chi connectivity index (χ2v) is 9.62. The van der Waals surface area contributed by atoms with Gasteiger partial charge in [0, 0.05) is 0 Å². The molecule has 4 aliphatic carbocycles. The Kier molecular flexibility index (Phi) is 3.74. The Balaban J connectivity index is 1.65. The summed E-state index contributed by atoms with van der Waals surface area (Å²) in [4.78, 5) is 0. The molecule has 2 nitrogen and oxygen atoms in total. The highest BCUT2D eigenvalue weighted by molar-refractivity contribution is 5.25. The van der Waals surface area contributed by atoms with Crippen LogP contribution in [0.25, 0.3) is 0 Å². The average molecular weight is 319 g/mol. The van der Waals surface area contributed by atoms with E-state index in [1.807, 2.05) is 6.92 Å². The highest BCUT2D eigenvalue weighted by Crippen LogP contribution is 2.66. The standard InChI is InChI=1S/C21H34O2/c1-13(22)17-6-7-18-16-5-4-14-12-15(23)8-10-20(14,2)19(16)9-11-21(17,18)3/h4,13,15-19,22-23H,5-12H2,1-3H3/t13-,15+,16-,17-,18-,19-,20+,21-/m1/s1. The Bertz CT molecular complexity index is 510. The van der Waals surface area contributed by atoms with E-state index in [9.17, 15) is 10.2 Å². The Labute approximate surface area is 141 Å². The van der Waals surface area contributed by atoms with Crippen molar-refractivity contribution in [3.63, 3.8) is 0 Å². The summed E-state index contributed by atoms with van der Waals surface area (Å²) in [6.45, 7) is 6.98. The van der Waals surface area contributed by atoms with E-state index in [4.69, 9.17) is 0 Å². The molecule has 0 radical (unpaired) electrons. The van der Waals surface area contributed by atoms with Crippen molar-refractivity contribution < 1.29 is 10.2 Å². The number of rotatable bonds is 1. The van der Waals surface area contributed by atoms with Crippen LogP contribution >= 0.6 is 0 Å². The van der Waals surface area contributed by atoms with E-state index >= 15 is 0 Å². The molecule has 0 saturated heterocycles. The molecule has 0 amide bonds. The molecule has 2 heteroatoms. The number of hydrogen-bond acceptors (Lipinski definition) is 2. The number of aliphatic hydroxyl groups excluding tert-OH is 2. The molecule has 4 aliphatic rings.